The van der Waals surface area contributed by atoms with E-state index in [0.717, 1.165) is 12.8 Å². The Morgan fingerprint density at radius 3 is 2.29 bits per heavy atom. The third-order valence-corrected chi connectivity index (χ3v) is 2.86. The summed E-state index contributed by atoms with van der Waals surface area (Å²) in [6.07, 6.45) is 1.45. The molecule has 0 aliphatic heterocycles. The summed E-state index contributed by atoms with van der Waals surface area (Å²) in [5.41, 5.74) is 0. The van der Waals surface area contributed by atoms with Crippen molar-refractivity contribution in [1.29, 1.82) is 0 Å². The number of carbonyl (C=O) groups is 1. The van der Waals surface area contributed by atoms with Crippen LogP contribution in [0.3, 0.4) is 0 Å². The Labute approximate surface area is 94.4 Å². The number of carbonyl (C=O) groups excluding carboxylic acids is 1. The highest BCUT2D eigenvalue weighted by molar-refractivity contribution is 9.10. The largest absolute Gasteiger partial charge is 0.391 e. The molecule has 0 spiro atoms. The Morgan fingerprint density at radius 1 is 1.43 bits per heavy atom. The van der Waals surface area contributed by atoms with E-state index in [-0.39, 0.29) is 16.7 Å². The second kappa shape index (κ2) is 7.23. The lowest BCUT2D eigenvalue weighted by molar-refractivity contribution is -0.120. The predicted octanol–water partition coefficient (Wildman–Crippen LogP) is 1.68. The van der Waals surface area contributed by atoms with Gasteiger partial charge in [-0.3, -0.25) is 4.79 Å². The van der Waals surface area contributed by atoms with Gasteiger partial charge in [-0.15, -0.1) is 0 Å². The van der Waals surface area contributed by atoms with Gasteiger partial charge < -0.3 is 10.4 Å². The number of rotatable bonds is 6. The minimum atomic E-state index is -0.430. The van der Waals surface area contributed by atoms with Crippen molar-refractivity contribution in [3.05, 3.63) is 0 Å². The van der Waals surface area contributed by atoms with E-state index in [0.29, 0.717) is 6.54 Å². The van der Waals surface area contributed by atoms with Gasteiger partial charge >= 0.3 is 0 Å². The third kappa shape index (κ3) is 4.96. The average Bonchev–Trinajstić information content (AvgIpc) is 2.15. The molecule has 0 aromatic rings. The monoisotopic (exact) mass is 265 g/mol. The van der Waals surface area contributed by atoms with E-state index in [1.165, 1.54) is 0 Å². The molecule has 14 heavy (non-hydrogen) atoms. The first-order valence-electron chi connectivity index (χ1n) is 5.12. The molecular formula is C10H20BrNO2. The van der Waals surface area contributed by atoms with Crippen molar-refractivity contribution in [1.82, 2.24) is 5.32 Å². The Kier molecular flexibility index (Phi) is 7.19. The highest BCUT2D eigenvalue weighted by Crippen LogP contribution is 2.12. The zero-order valence-corrected chi connectivity index (χ0v) is 10.7. The molecule has 4 heteroatoms. The lowest BCUT2D eigenvalue weighted by atomic mass is 9.96. The molecule has 0 aliphatic carbocycles. The van der Waals surface area contributed by atoms with Crippen molar-refractivity contribution < 1.29 is 9.90 Å². The van der Waals surface area contributed by atoms with Gasteiger partial charge in [-0.05, 0) is 12.8 Å². The van der Waals surface area contributed by atoms with Gasteiger partial charge in [0.2, 0.25) is 5.91 Å². The third-order valence-electron chi connectivity index (χ3n) is 2.44. The van der Waals surface area contributed by atoms with Gasteiger partial charge in [-0.2, -0.15) is 0 Å². The molecule has 0 saturated heterocycles. The number of alkyl halides is 1. The normalized spacial score (nSPS) is 15.3. The average molecular weight is 266 g/mol. The summed E-state index contributed by atoms with van der Waals surface area (Å²) in [7, 11) is 0. The summed E-state index contributed by atoms with van der Waals surface area (Å²) >= 11 is 3.17. The van der Waals surface area contributed by atoms with Crippen molar-refractivity contribution >= 4 is 21.8 Å². The van der Waals surface area contributed by atoms with Crippen LogP contribution in [-0.4, -0.2) is 28.5 Å². The smallest absolute Gasteiger partial charge is 0.233 e. The molecular weight excluding hydrogens is 246 g/mol. The van der Waals surface area contributed by atoms with E-state index < -0.39 is 6.10 Å². The zero-order valence-electron chi connectivity index (χ0n) is 9.09. The maximum Gasteiger partial charge on any atom is 0.233 e. The quantitative estimate of drug-likeness (QED) is 0.719. The number of aliphatic hydroxyl groups excluding tert-OH is 1. The van der Waals surface area contributed by atoms with Crippen molar-refractivity contribution in [3.8, 4) is 0 Å². The van der Waals surface area contributed by atoms with E-state index >= 15 is 0 Å². The number of hydrogen-bond donors (Lipinski definition) is 2. The van der Waals surface area contributed by atoms with Gasteiger partial charge in [-0.25, -0.2) is 0 Å². The standard InChI is InChI=1S/C10H20BrNO2/c1-4-8(5-2)9(13)6-12-10(14)7(3)11/h7-9,13H,4-6H2,1-3H3,(H,12,14). The highest BCUT2D eigenvalue weighted by Gasteiger charge is 2.17. The molecule has 3 nitrogen and oxygen atoms in total. The maximum atomic E-state index is 11.2. The second-order valence-corrected chi connectivity index (χ2v) is 4.88. The summed E-state index contributed by atoms with van der Waals surface area (Å²) in [6.45, 7) is 6.21. The van der Waals surface area contributed by atoms with Gasteiger partial charge in [0.1, 0.15) is 0 Å². The Balaban J connectivity index is 3.83. The van der Waals surface area contributed by atoms with Crippen LogP contribution in [0.1, 0.15) is 33.6 Å². The van der Waals surface area contributed by atoms with Crippen LogP contribution in [-0.2, 0) is 4.79 Å². The summed E-state index contributed by atoms with van der Waals surface area (Å²) in [5.74, 6) is 0.205. The number of nitrogens with one attached hydrogen (secondary N) is 1. The molecule has 0 aromatic carbocycles. The van der Waals surface area contributed by atoms with E-state index in [9.17, 15) is 9.90 Å². The molecule has 0 aromatic heterocycles. The predicted molar refractivity (Wildman–Crippen MR) is 61.5 cm³/mol. The van der Waals surface area contributed by atoms with E-state index in [4.69, 9.17) is 0 Å². The van der Waals surface area contributed by atoms with Crippen LogP contribution in [0.2, 0.25) is 0 Å². The maximum absolute atomic E-state index is 11.2. The molecule has 0 bridgehead atoms. The van der Waals surface area contributed by atoms with Gasteiger partial charge in [0.05, 0.1) is 10.9 Å². The molecule has 0 fully saturated rings. The lowest BCUT2D eigenvalue weighted by Gasteiger charge is -2.20. The molecule has 0 rings (SSSR count). The lowest BCUT2D eigenvalue weighted by Crippen LogP contribution is -2.38. The molecule has 0 radical (unpaired) electrons. The molecule has 0 aliphatic rings. The second-order valence-electron chi connectivity index (χ2n) is 3.51. The van der Waals surface area contributed by atoms with Gasteiger partial charge in [0.15, 0.2) is 0 Å². The molecule has 1 amide bonds. The van der Waals surface area contributed by atoms with E-state index in [1.54, 1.807) is 6.92 Å². The van der Waals surface area contributed by atoms with Gasteiger partial charge in [0, 0.05) is 6.54 Å². The van der Waals surface area contributed by atoms with E-state index in [2.05, 4.69) is 21.2 Å². The van der Waals surface area contributed by atoms with E-state index in [1.807, 2.05) is 13.8 Å². The molecule has 2 N–H and O–H groups in total. The summed E-state index contributed by atoms with van der Waals surface area (Å²) in [6, 6.07) is 0. The van der Waals surface area contributed by atoms with Crippen molar-refractivity contribution in [2.45, 2.75) is 44.5 Å². The number of aliphatic hydroxyl groups is 1. The fourth-order valence-electron chi connectivity index (χ4n) is 1.35. The summed E-state index contributed by atoms with van der Waals surface area (Å²) in [4.78, 5) is 11.0. The van der Waals surface area contributed by atoms with Crippen LogP contribution in [0, 0.1) is 5.92 Å². The van der Waals surface area contributed by atoms with Crippen LogP contribution >= 0.6 is 15.9 Å². The fourth-order valence-corrected chi connectivity index (χ4v) is 1.51. The van der Waals surface area contributed by atoms with Crippen molar-refractivity contribution in [2.24, 2.45) is 5.92 Å². The van der Waals surface area contributed by atoms with Crippen LogP contribution in [0.5, 0.6) is 0 Å². The van der Waals surface area contributed by atoms with Crippen LogP contribution in [0.25, 0.3) is 0 Å². The first kappa shape index (κ1) is 13.9. The molecule has 2 unspecified atom stereocenters. The Morgan fingerprint density at radius 2 is 1.93 bits per heavy atom. The molecule has 84 valence electrons. The minimum absolute atomic E-state index is 0.0741. The summed E-state index contributed by atoms with van der Waals surface area (Å²) < 4.78 is 0. The molecule has 0 saturated carbocycles. The van der Waals surface area contributed by atoms with Crippen LogP contribution in [0.4, 0.5) is 0 Å². The number of hydrogen-bond acceptors (Lipinski definition) is 2. The minimum Gasteiger partial charge on any atom is -0.391 e. The number of amides is 1. The van der Waals surface area contributed by atoms with Gasteiger partial charge in [-0.1, -0.05) is 42.6 Å². The topological polar surface area (TPSA) is 49.3 Å². The molecule has 2 atom stereocenters. The van der Waals surface area contributed by atoms with Gasteiger partial charge in [0.25, 0.3) is 0 Å². The summed E-state index contributed by atoms with van der Waals surface area (Å²) in [5, 5.41) is 12.4. The van der Waals surface area contributed by atoms with Crippen LogP contribution in [0.15, 0.2) is 0 Å². The Hall–Kier alpha value is -0.0900. The number of halogens is 1. The zero-order chi connectivity index (χ0) is 11.1. The first-order chi connectivity index (χ1) is 6.52. The SMILES string of the molecule is CCC(CC)C(O)CNC(=O)C(C)Br. The molecule has 0 heterocycles. The van der Waals surface area contributed by atoms with Crippen LogP contribution < -0.4 is 5.32 Å². The fraction of sp³-hybridized carbons (Fsp3) is 0.900. The highest BCUT2D eigenvalue weighted by atomic mass is 79.9. The Bertz CT molecular complexity index is 170. The first-order valence-corrected chi connectivity index (χ1v) is 6.04. The van der Waals surface area contributed by atoms with Crippen molar-refractivity contribution in [2.75, 3.05) is 6.54 Å². The van der Waals surface area contributed by atoms with Crippen molar-refractivity contribution in [3.63, 3.8) is 0 Å².